The monoisotopic (exact) mass is 394 g/mol. The van der Waals surface area contributed by atoms with Crippen molar-refractivity contribution < 1.29 is 22.0 Å². The predicted molar refractivity (Wildman–Crippen MR) is 96.6 cm³/mol. The lowest BCUT2D eigenvalue weighted by molar-refractivity contribution is -0.131. The predicted octanol–water partition coefficient (Wildman–Crippen LogP) is 2.35. The fraction of sp³-hybridized carbons (Fsp3) is 0.316. The first kappa shape index (κ1) is 19.4. The third kappa shape index (κ3) is 4.17. The SMILES string of the molecule is Cc1ccccc1CC(=O)N1CCN(S(=O)(=O)c2ccc(F)c(F)c2)CC1. The molecular weight excluding hydrogens is 374 g/mol. The van der Waals surface area contributed by atoms with Crippen LogP contribution in [0.2, 0.25) is 0 Å². The highest BCUT2D eigenvalue weighted by Crippen LogP contribution is 2.20. The van der Waals surface area contributed by atoms with Gasteiger partial charge in [-0.2, -0.15) is 4.31 Å². The first-order chi connectivity index (χ1) is 12.8. The summed E-state index contributed by atoms with van der Waals surface area (Å²) in [7, 11) is -3.93. The number of piperazine rings is 1. The van der Waals surface area contributed by atoms with Crippen LogP contribution in [-0.2, 0) is 21.2 Å². The second kappa shape index (κ2) is 7.74. The number of nitrogens with zero attached hydrogens (tertiary/aromatic N) is 2. The molecule has 3 rings (SSSR count). The van der Waals surface area contributed by atoms with Gasteiger partial charge in [0.2, 0.25) is 15.9 Å². The average molecular weight is 394 g/mol. The van der Waals surface area contributed by atoms with Crippen molar-refractivity contribution >= 4 is 15.9 Å². The Hall–Kier alpha value is -2.32. The molecule has 1 amide bonds. The topological polar surface area (TPSA) is 57.7 Å². The second-order valence-electron chi connectivity index (χ2n) is 6.46. The van der Waals surface area contributed by atoms with Crippen molar-refractivity contribution in [1.82, 2.24) is 9.21 Å². The summed E-state index contributed by atoms with van der Waals surface area (Å²) in [5.74, 6) is -2.36. The zero-order valence-corrected chi connectivity index (χ0v) is 15.7. The molecule has 0 saturated carbocycles. The van der Waals surface area contributed by atoms with Gasteiger partial charge in [-0.3, -0.25) is 4.79 Å². The van der Waals surface area contributed by atoms with Crippen LogP contribution in [-0.4, -0.2) is 49.7 Å². The van der Waals surface area contributed by atoms with Gasteiger partial charge in [-0.15, -0.1) is 0 Å². The number of hydrogen-bond donors (Lipinski definition) is 0. The number of rotatable bonds is 4. The standard InChI is InChI=1S/C19H20F2N2O3S/c1-14-4-2-3-5-15(14)12-19(24)22-8-10-23(11-9-22)27(25,26)16-6-7-17(20)18(21)13-16/h2-7,13H,8-12H2,1H3. The van der Waals surface area contributed by atoms with Crippen LogP contribution in [0.5, 0.6) is 0 Å². The molecule has 0 bridgehead atoms. The van der Waals surface area contributed by atoms with Gasteiger partial charge in [0.25, 0.3) is 0 Å². The van der Waals surface area contributed by atoms with Crippen LogP contribution < -0.4 is 0 Å². The molecule has 1 heterocycles. The normalized spacial score (nSPS) is 15.7. The molecule has 0 unspecified atom stereocenters. The maximum absolute atomic E-state index is 13.4. The number of carbonyl (C=O) groups is 1. The van der Waals surface area contributed by atoms with Gasteiger partial charge < -0.3 is 4.90 Å². The quantitative estimate of drug-likeness (QED) is 0.800. The number of benzene rings is 2. The molecule has 8 heteroatoms. The molecule has 1 fully saturated rings. The maximum atomic E-state index is 13.4. The minimum atomic E-state index is -3.93. The minimum Gasteiger partial charge on any atom is -0.340 e. The van der Waals surface area contributed by atoms with Crippen molar-refractivity contribution in [3.63, 3.8) is 0 Å². The van der Waals surface area contributed by atoms with Gasteiger partial charge in [0, 0.05) is 26.2 Å². The highest BCUT2D eigenvalue weighted by atomic mass is 32.2. The van der Waals surface area contributed by atoms with Gasteiger partial charge in [0.15, 0.2) is 11.6 Å². The summed E-state index contributed by atoms with van der Waals surface area (Å²) < 4.78 is 52.8. The van der Waals surface area contributed by atoms with Gasteiger partial charge in [0.05, 0.1) is 11.3 Å². The summed E-state index contributed by atoms with van der Waals surface area (Å²) in [6, 6.07) is 10.1. The Bertz CT molecular complexity index is 955. The average Bonchev–Trinajstić information content (AvgIpc) is 2.65. The molecule has 0 radical (unpaired) electrons. The molecule has 0 spiro atoms. The zero-order valence-electron chi connectivity index (χ0n) is 14.9. The van der Waals surface area contributed by atoms with Crippen LogP contribution in [0.15, 0.2) is 47.4 Å². The third-order valence-corrected chi connectivity index (χ3v) is 6.62. The van der Waals surface area contributed by atoms with E-state index in [4.69, 9.17) is 0 Å². The Morgan fingerprint density at radius 2 is 1.67 bits per heavy atom. The first-order valence-corrected chi connectivity index (χ1v) is 10.0. The molecule has 2 aromatic carbocycles. The van der Waals surface area contributed by atoms with Crippen LogP contribution in [0.3, 0.4) is 0 Å². The molecule has 144 valence electrons. The van der Waals surface area contributed by atoms with E-state index in [1.165, 1.54) is 4.31 Å². The van der Waals surface area contributed by atoms with Gasteiger partial charge in [-0.25, -0.2) is 17.2 Å². The number of halogens is 2. The largest absolute Gasteiger partial charge is 0.340 e. The van der Waals surface area contributed by atoms with Crippen LogP contribution in [0.1, 0.15) is 11.1 Å². The molecular formula is C19H20F2N2O3S. The molecule has 2 aromatic rings. The lowest BCUT2D eigenvalue weighted by atomic mass is 10.1. The molecule has 0 atom stereocenters. The smallest absolute Gasteiger partial charge is 0.243 e. The van der Waals surface area contributed by atoms with Crippen molar-refractivity contribution in [2.45, 2.75) is 18.2 Å². The van der Waals surface area contributed by atoms with Gasteiger partial charge >= 0.3 is 0 Å². The lowest BCUT2D eigenvalue weighted by Crippen LogP contribution is -2.50. The van der Waals surface area contributed by atoms with E-state index in [9.17, 15) is 22.0 Å². The fourth-order valence-corrected chi connectivity index (χ4v) is 4.48. The van der Waals surface area contributed by atoms with Crippen LogP contribution in [0.4, 0.5) is 8.78 Å². The molecule has 0 N–H and O–H groups in total. The summed E-state index contributed by atoms with van der Waals surface area (Å²) >= 11 is 0. The summed E-state index contributed by atoms with van der Waals surface area (Å²) in [4.78, 5) is 13.8. The third-order valence-electron chi connectivity index (χ3n) is 4.72. The van der Waals surface area contributed by atoms with E-state index >= 15 is 0 Å². The molecule has 0 aliphatic carbocycles. The molecule has 1 saturated heterocycles. The van der Waals surface area contributed by atoms with E-state index in [2.05, 4.69) is 0 Å². The summed E-state index contributed by atoms with van der Waals surface area (Å²) in [5, 5.41) is 0. The fourth-order valence-electron chi connectivity index (χ4n) is 3.05. The van der Waals surface area contributed by atoms with Crippen LogP contribution in [0.25, 0.3) is 0 Å². The van der Waals surface area contributed by atoms with Crippen molar-refractivity contribution in [2.75, 3.05) is 26.2 Å². The van der Waals surface area contributed by atoms with Crippen LogP contribution >= 0.6 is 0 Å². The Balaban J connectivity index is 1.65. The highest BCUT2D eigenvalue weighted by molar-refractivity contribution is 7.89. The number of carbonyl (C=O) groups excluding carboxylic acids is 1. The van der Waals surface area contributed by atoms with E-state index in [-0.39, 0.29) is 43.4 Å². The molecule has 0 aromatic heterocycles. The molecule has 5 nitrogen and oxygen atoms in total. The Kier molecular flexibility index (Phi) is 5.57. The maximum Gasteiger partial charge on any atom is 0.243 e. The van der Waals surface area contributed by atoms with Crippen molar-refractivity contribution in [2.24, 2.45) is 0 Å². The molecule has 1 aliphatic rings. The number of sulfonamides is 1. The summed E-state index contributed by atoms with van der Waals surface area (Å²) in [6.07, 6.45) is 0.266. The molecule has 1 aliphatic heterocycles. The minimum absolute atomic E-state index is 0.0609. The Morgan fingerprint density at radius 1 is 1.00 bits per heavy atom. The van der Waals surface area contributed by atoms with E-state index in [1.807, 2.05) is 31.2 Å². The summed E-state index contributed by atoms with van der Waals surface area (Å²) in [6.45, 7) is 2.68. The zero-order chi connectivity index (χ0) is 19.6. The van der Waals surface area contributed by atoms with Crippen molar-refractivity contribution in [3.05, 3.63) is 65.2 Å². The highest BCUT2D eigenvalue weighted by Gasteiger charge is 2.30. The lowest BCUT2D eigenvalue weighted by Gasteiger charge is -2.34. The number of aryl methyl sites for hydroxylation is 1. The van der Waals surface area contributed by atoms with Crippen molar-refractivity contribution in [3.8, 4) is 0 Å². The van der Waals surface area contributed by atoms with E-state index in [1.54, 1.807) is 4.90 Å². The first-order valence-electron chi connectivity index (χ1n) is 8.56. The Morgan fingerprint density at radius 3 is 2.30 bits per heavy atom. The molecule has 27 heavy (non-hydrogen) atoms. The van der Waals surface area contributed by atoms with Crippen molar-refractivity contribution in [1.29, 1.82) is 0 Å². The number of amides is 1. The van der Waals surface area contributed by atoms with E-state index in [0.29, 0.717) is 6.07 Å². The van der Waals surface area contributed by atoms with Gasteiger partial charge in [-0.1, -0.05) is 24.3 Å². The number of hydrogen-bond acceptors (Lipinski definition) is 3. The van der Waals surface area contributed by atoms with E-state index in [0.717, 1.165) is 23.3 Å². The van der Waals surface area contributed by atoms with Gasteiger partial charge in [-0.05, 0) is 36.2 Å². The van der Waals surface area contributed by atoms with Crippen LogP contribution in [0, 0.1) is 18.6 Å². The van der Waals surface area contributed by atoms with Gasteiger partial charge in [0.1, 0.15) is 0 Å². The second-order valence-corrected chi connectivity index (χ2v) is 8.40. The van der Waals surface area contributed by atoms with E-state index < -0.39 is 21.7 Å². The summed E-state index contributed by atoms with van der Waals surface area (Å²) in [5.41, 5.74) is 1.98. The Labute approximate surface area is 157 Å².